The summed E-state index contributed by atoms with van der Waals surface area (Å²) >= 11 is 6.35. The van der Waals surface area contributed by atoms with Gasteiger partial charge in [-0.1, -0.05) is 0 Å². The summed E-state index contributed by atoms with van der Waals surface area (Å²) < 4.78 is 38.6. The number of hydrogen-bond donors (Lipinski definition) is 4. The minimum absolute atomic E-state index is 0.260. The molecule has 1 unspecified atom stereocenters. The highest BCUT2D eigenvalue weighted by molar-refractivity contribution is 9.10. The Morgan fingerprint density at radius 2 is 1.46 bits per heavy atom. The lowest BCUT2D eigenvalue weighted by atomic mass is 10.1. The molecule has 37 heavy (non-hydrogen) atoms. The fourth-order valence-corrected chi connectivity index (χ4v) is 5.27. The molecule has 2 fully saturated rings. The highest BCUT2D eigenvalue weighted by Crippen LogP contribution is 2.31. The Hall–Kier alpha value is -1.87. The van der Waals surface area contributed by atoms with Crippen LogP contribution in [-0.4, -0.2) is 79.4 Å². The molecule has 0 spiro atoms. The van der Waals surface area contributed by atoms with Gasteiger partial charge >= 0.3 is 0 Å². The first-order chi connectivity index (χ1) is 17.8. The lowest BCUT2D eigenvalue weighted by Gasteiger charge is -2.45. The third-order valence-electron chi connectivity index (χ3n) is 6.55. The van der Waals surface area contributed by atoms with Crippen molar-refractivity contribution in [1.29, 1.82) is 0 Å². The van der Waals surface area contributed by atoms with Gasteiger partial charge in [-0.05, 0) is 67.3 Å². The van der Waals surface area contributed by atoms with Crippen molar-refractivity contribution in [3.8, 4) is 0 Å². The number of rotatable bonds is 1. The molecule has 4 N–H and O–H groups in total. The van der Waals surface area contributed by atoms with Gasteiger partial charge in [-0.3, -0.25) is 5.32 Å². The molecule has 2 saturated heterocycles. The van der Waals surface area contributed by atoms with E-state index in [9.17, 15) is 13.9 Å². The number of aliphatic imine (C=N–C) groups is 1. The second kappa shape index (κ2) is 11.5. The molecule has 0 bridgehead atoms. The number of hydrogen-bond acceptors (Lipinski definition) is 9. The SMILES string of the molecule is Fc1cc2c(cc1Br)CN=C(N1CCOCC1)N2.OC1(N2CCOCC2)NCc2cc(Br)c(F)cc2N1. The molecule has 6 rings (SSSR count). The summed E-state index contributed by atoms with van der Waals surface area (Å²) in [5, 5.41) is 19.8. The number of fused-ring (bicyclic) bond motifs is 2. The van der Waals surface area contributed by atoms with Gasteiger partial charge in [0.05, 0.1) is 41.9 Å². The van der Waals surface area contributed by atoms with Crippen LogP contribution in [0.3, 0.4) is 0 Å². The zero-order valence-corrected chi connectivity index (χ0v) is 23.2. The maximum Gasteiger partial charge on any atom is 0.258 e. The Bertz CT molecular complexity index is 1180. The van der Waals surface area contributed by atoms with Crippen molar-refractivity contribution in [2.24, 2.45) is 4.99 Å². The fourth-order valence-electron chi connectivity index (χ4n) is 4.49. The van der Waals surface area contributed by atoms with E-state index in [0.29, 0.717) is 67.2 Å². The summed E-state index contributed by atoms with van der Waals surface area (Å²) in [6.45, 7) is 6.49. The Morgan fingerprint density at radius 1 is 0.865 bits per heavy atom. The van der Waals surface area contributed by atoms with Crippen molar-refractivity contribution in [1.82, 2.24) is 15.1 Å². The molecule has 4 aliphatic rings. The monoisotopic (exact) mass is 644 g/mol. The zero-order valence-electron chi connectivity index (χ0n) is 20.0. The zero-order chi connectivity index (χ0) is 26.0. The second-order valence-corrected chi connectivity index (χ2v) is 10.7. The number of anilines is 2. The van der Waals surface area contributed by atoms with E-state index in [4.69, 9.17) is 9.47 Å². The third kappa shape index (κ3) is 6.08. The number of ether oxygens (including phenoxy) is 2. The lowest BCUT2D eigenvalue weighted by molar-refractivity contribution is -0.145. The number of aliphatic hydroxyl groups is 1. The van der Waals surface area contributed by atoms with Crippen molar-refractivity contribution in [3.63, 3.8) is 0 Å². The molecule has 0 aliphatic carbocycles. The van der Waals surface area contributed by atoms with Crippen molar-refractivity contribution < 1.29 is 23.4 Å². The molecule has 200 valence electrons. The Balaban J connectivity index is 0.000000152. The van der Waals surface area contributed by atoms with Crippen molar-refractivity contribution >= 4 is 49.2 Å². The Kier molecular flexibility index (Phi) is 8.29. The van der Waals surface area contributed by atoms with E-state index < -0.39 is 5.97 Å². The van der Waals surface area contributed by atoms with Crippen LogP contribution in [0.5, 0.6) is 0 Å². The highest BCUT2D eigenvalue weighted by atomic mass is 79.9. The maximum atomic E-state index is 13.6. The molecule has 0 saturated carbocycles. The first kappa shape index (κ1) is 26.7. The van der Waals surface area contributed by atoms with Crippen LogP contribution in [0.1, 0.15) is 11.1 Å². The minimum atomic E-state index is -1.35. The molecule has 4 heterocycles. The second-order valence-electron chi connectivity index (χ2n) is 8.96. The summed E-state index contributed by atoms with van der Waals surface area (Å²) in [5.41, 5.74) is 3.31. The molecule has 0 amide bonds. The van der Waals surface area contributed by atoms with Crippen LogP contribution in [0.2, 0.25) is 0 Å². The first-order valence-electron chi connectivity index (χ1n) is 12.0. The molecule has 0 aromatic heterocycles. The number of halogens is 4. The predicted octanol–water partition coefficient (Wildman–Crippen LogP) is 3.24. The molecular formula is C24H28Br2F2N6O3. The van der Waals surface area contributed by atoms with E-state index in [1.165, 1.54) is 12.1 Å². The number of guanidine groups is 1. The van der Waals surface area contributed by atoms with Crippen LogP contribution in [0.15, 0.2) is 38.2 Å². The smallest absolute Gasteiger partial charge is 0.258 e. The van der Waals surface area contributed by atoms with E-state index in [-0.39, 0.29) is 11.6 Å². The standard InChI is InChI=1S/C12H15BrFN3O2.C12H13BrFN3O/c13-9-5-8-7-15-12(18,16-11(8)6-10(9)14)17-1-3-19-4-2-17;13-9-5-8-7-15-12(16-11(8)6-10(9)14)17-1-3-18-4-2-17/h5-6,15-16,18H,1-4,7H2;5-6H,1-4,7H2,(H,15,16). The van der Waals surface area contributed by atoms with Crippen LogP contribution in [-0.2, 0) is 22.6 Å². The van der Waals surface area contributed by atoms with Gasteiger partial charge in [-0.2, -0.15) is 0 Å². The molecule has 2 aromatic rings. The average Bonchev–Trinajstić information content (AvgIpc) is 2.91. The highest BCUT2D eigenvalue weighted by Gasteiger charge is 2.38. The normalized spacial score (nSPS) is 23.5. The van der Waals surface area contributed by atoms with Gasteiger partial charge in [0, 0.05) is 44.1 Å². The molecule has 0 radical (unpaired) electrons. The Morgan fingerprint density at radius 3 is 2.14 bits per heavy atom. The third-order valence-corrected chi connectivity index (χ3v) is 7.77. The van der Waals surface area contributed by atoms with Gasteiger partial charge in [0.15, 0.2) is 5.96 Å². The summed E-state index contributed by atoms with van der Waals surface area (Å²) in [4.78, 5) is 8.48. The molecule has 1 atom stereocenters. The molecule has 9 nitrogen and oxygen atoms in total. The Labute approximate surface area is 230 Å². The average molecular weight is 646 g/mol. The van der Waals surface area contributed by atoms with Crippen LogP contribution in [0.4, 0.5) is 20.2 Å². The van der Waals surface area contributed by atoms with Gasteiger partial charge in [0.1, 0.15) is 11.6 Å². The fraction of sp³-hybridized carbons (Fsp3) is 0.458. The van der Waals surface area contributed by atoms with Crippen LogP contribution in [0, 0.1) is 11.6 Å². The molecular weight excluding hydrogens is 618 g/mol. The van der Waals surface area contributed by atoms with E-state index in [1.54, 1.807) is 12.1 Å². The van der Waals surface area contributed by atoms with Gasteiger partial charge in [0.2, 0.25) is 0 Å². The first-order valence-corrected chi connectivity index (χ1v) is 13.6. The van der Waals surface area contributed by atoms with Crippen LogP contribution >= 0.6 is 31.9 Å². The summed E-state index contributed by atoms with van der Waals surface area (Å²) in [6.07, 6.45) is 0. The molecule has 13 heteroatoms. The van der Waals surface area contributed by atoms with Gasteiger partial charge in [-0.15, -0.1) is 0 Å². The summed E-state index contributed by atoms with van der Waals surface area (Å²) in [7, 11) is 0. The lowest BCUT2D eigenvalue weighted by Crippen LogP contribution is -2.67. The van der Waals surface area contributed by atoms with Crippen molar-refractivity contribution in [3.05, 3.63) is 56.0 Å². The van der Waals surface area contributed by atoms with Gasteiger partial charge in [-0.25, -0.2) is 18.7 Å². The summed E-state index contributed by atoms with van der Waals surface area (Å²) in [6, 6.07) is 6.39. The number of benzene rings is 2. The van der Waals surface area contributed by atoms with Gasteiger partial charge in [0.25, 0.3) is 5.97 Å². The predicted molar refractivity (Wildman–Crippen MR) is 143 cm³/mol. The van der Waals surface area contributed by atoms with E-state index in [0.717, 1.165) is 35.9 Å². The van der Waals surface area contributed by atoms with Crippen LogP contribution < -0.4 is 16.0 Å². The van der Waals surface area contributed by atoms with Gasteiger partial charge < -0.3 is 30.1 Å². The van der Waals surface area contributed by atoms with Crippen molar-refractivity contribution in [2.45, 2.75) is 19.1 Å². The quantitative estimate of drug-likeness (QED) is 0.376. The minimum Gasteiger partial charge on any atom is -0.379 e. The van der Waals surface area contributed by atoms with Crippen LogP contribution in [0.25, 0.3) is 0 Å². The number of nitrogens with zero attached hydrogens (tertiary/aromatic N) is 3. The summed E-state index contributed by atoms with van der Waals surface area (Å²) in [5.74, 6) is -1.15. The van der Waals surface area contributed by atoms with E-state index >= 15 is 0 Å². The maximum absolute atomic E-state index is 13.6. The van der Waals surface area contributed by atoms with E-state index in [2.05, 4.69) is 57.7 Å². The van der Waals surface area contributed by atoms with E-state index in [1.807, 2.05) is 4.90 Å². The topological polar surface area (TPSA) is 93.6 Å². The van der Waals surface area contributed by atoms with Crippen molar-refractivity contribution in [2.75, 3.05) is 63.2 Å². The molecule has 4 aliphatic heterocycles. The largest absolute Gasteiger partial charge is 0.379 e. The number of morpholine rings is 2. The molecule has 2 aromatic carbocycles. The number of nitrogens with one attached hydrogen (secondary N) is 3.